The SMILES string of the molecule is C=CCc1cc(/C=C2/SC(=Nc3ccc(C)cc3)NC2=O)cc(OC)c1OCc1ccc(Br)cc1. The highest BCUT2D eigenvalue weighted by Crippen LogP contribution is 2.36. The van der Waals surface area contributed by atoms with E-state index in [9.17, 15) is 4.79 Å². The summed E-state index contributed by atoms with van der Waals surface area (Å²) < 4.78 is 12.8. The zero-order valence-electron chi connectivity index (χ0n) is 19.5. The summed E-state index contributed by atoms with van der Waals surface area (Å²) in [6.45, 7) is 6.31. The molecule has 0 unspecified atom stereocenters. The van der Waals surface area contributed by atoms with Crippen LogP contribution in [0.3, 0.4) is 0 Å². The van der Waals surface area contributed by atoms with Crippen LogP contribution in [0.4, 0.5) is 5.69 Å². The summed E-state index contributed by atoms with van der Waals surface area (Å²) in [5.74, 6) is 1.09. The number of halogens is 1. The monoisotopic (exact) mass is 548 g/mol. The normalized spacial score (nSPS) is 15.3. The van der Waals surface area contributed by atoms with E-state index in [-0.39, 0.29) is 5.91 Å². The van der Waals surface area contributed by atoms with Crippen LogP contribution in [0.25, 0.3) is 6.08 Å². The van der Waals surface area contributed by atoms with Crippen LogP contribution in [0.15, 0.2) is 87.7 Å². The van der Waals surface area contributed by atoms with E-state index in [0.717, 1.165) is 32.4 Å². The van der Waals surface area contributed by atoms with Crippen LogP contribution < -0.4 is 14.8 Å². The van der Waals surface area contributed by atoms with Crippen molar-refractivity contribution in [3.05, 3.63) is 105 Å². The number of hydrogen-bond donors (Lipinski definition) is 1. The van der Waals surface area contributed by atoms with Gasteiger partial charge in [0.25, 0.3) is 5.91 Å². The molecule has 3 aromatic carbocycles. The second-order valence-corrected chi connectivity index (χ2v) is 9.88. The third-order valence-electron chi connectivity index (χ3n) is 5.25. The van der Waals surface area contributed by atoms with Gasteiger partial charge in [-0.15, -0.1) is 6.58 Å². The highest BCUT2D eigenvalue weighted by molar-refractivity contribution is 9.10. The molecule has 1 N–H and O–H groups in total. The topological polar surface area (TPSA) is 59.9 Å². The van der Waals surface area contributed by atoms with Gasteiger partial charge in [-0.25, -0.2) is 4.99 Å². The Kier molecular flexibility index (Phi) is 8.10. The maximum atomic E-state index is 12.6. The van der Waals surface area contributed by atoms with Crippen molar-refractivity contribution in [1.82, 2.24) is 5.32 Å². The molecule has 3 aromatic rings. The van der Waals surface area contributed by atoms with Gasteiger partial charge >= 0.3 is 0 Å². The predicted octanol–water partition coefficient (Wildman–Crippen LogP) is 6.97. The smallest absolute Gasteiger partial charge is 0.264 e. The van der Waals surface area contributed by atoms with Gasteiger partial charge in [0, 0.05) is 10.0 Å². The number of nitrogens with one attached hydrogen (secondary N) is 1. The zero-order valence-corrected chi connectivity index (χ0v) is 21.9. The fraction of sp³-hybridized carbons (Fsp3) is 0.143. The van der Waals surface area contributed by atoms with Crippen LogP contribution in [0.2, 0.25) is 0 Å². The average molecular weight is 549 g/mol. The Morgan fingerprint density at radius 3 is 2.54 bits per heavy atom. The number of carbonyl (C=O) groups excluding carboxylic acids is 1. The number of amides is 1. The van der Waals surface area contributed by atoms with Crippen molar-refractivity contribution < 1.29 is 14.3 Å². The van der Waals surface area contributed by atoms with Gasteiger partial charge in [-0.1, -0.05) is 51.8 Å². The standard InChI is InChI=1S/C28H25BrN2O3S/c1-4-5-21-14-20(15-24(33-3)26(21)34-17-19-8-10-22(29)11-9-19)16-25-27(32)31-28(35-25)30-23-12-6-18(2)7-13-23/h4,6-16H,1,5,17H2,2-3H3,(H,30,31,32)/b25-16+. The number of carbonyl (C=O) groups is 1. The summed E-state index contributed by atoms with van der Waals surface area (Å²) in [7, 11) is 1.61. The summed E-state index contributed by atoms with van der Waals surface area (Å²) in [5, 5.41) is 3.39. The predicted molar refractivity (Wildman–Crippen MR) is 147 cm³/mol. The number of aryl methyl sites for hydroxylation is 1. The van der Waals surface area contributed by atoms with Crippen LogP contribution in [0.1, 0.15) is 22.3 Å². The van der Waals surface area contributed by atoms with Crippen molar-refractivity contribution in [2.24, 2.45) is 4.99 Å². The Hall–Kier alpha value is -3.29. The minimum Gasteiger partial charge on any atom is -0.493 e. The molecule has 0 atom stereocenters. The average Bonchev–Trinajstić information content (AvgIpc) is 3.19. The van der Waals surface area contributed by atoms with Gasteiger partial charge in [-0.05, 0) is 78.7 Å². The maximum absolute atomic E-state index is 12.6. The highest BCUT2D eigenvalue weighted by Gasteiger charge is 2.24. The molecular weight excluding hydrogens is 524 g/mol. The van der Waals surface area contributed by atoms with E-state index in [4.69, 9.17) is 9.47 Å². The quantitative estimate of drug-likeness (QED) is 0.244. The number of hydrogen-bond acceptors (Lipinski definition) is 5. The summed E-state index contributed by atoms with van der Waals surface area (Å²) in [6, 6.07) is 19.7. The lowest BCUT2D eigenvalue weighted by atomic mass is 10.0. The van der Waals surface area contributed by atoms with E-state index >= 15 is 0 Å². The molecule has 0 spiro atoms. The summed E-state index contributed by atoms with van der Waals surface area (Å²) >= 11 is 4.76. The molecule has 1 saturated heterocycles. The molecule has 1 aliphatic rings. The number of ether oxygens (including phenoxy) is 2. The number of aliphatic imine (C=N–C) groups is 1. The van der Waals surface area contributed by atoms with Crippen LogP contribution in [-0.4, -0.2) is 18.2 Å². The van der Waals surface area contributed by atoms with E-state index in [2.05, 4.69) is 32.8 Å². The van der Waals surface area contributed by atoms with Crippen molar-refractivity contribution in [2.45, 2.75) is 20.0 Å². The van der Waals surface area contributed by atoms with Crippen molar-refractivity contribution in [2.75, 3.05) is 7.11 Å². The lowest BCUT2D eigenvalue weighted by Gasteiger charge is -2.16. The van der Waals surface area contributed by atoms with Crippen molar-refractivity contribution >= 4 is 50.5 Å². The van der Waals surface area contributed by atoms with Crippen LogP contribution in [0.5, 0.6) is 11.5 Å². The van der Waals surface area contributed by atoms with Crippen molar-refractivity contribution in [3.63, 3.8) is 0 Å². The summed E-state index contributed by atoms with van der Waals surface area (Å²) in [5.41, 5.74) is 4.77. The molecule has 0 aliphatic carbocycles. The number of nitrogens with zero attached hydrogens (tertiary/aromatic N) is 1. The molecule has 1 amide bonds. The van der Waals surface area contributed by atoms with E-state index < -0.39 is 0 Å². The third-order valence-corrected chi connectivity index (χ3v) is 6.69. The first-order chi connectivity index (χ1) is 16.9. The first-order valence-corrected chi connectivity index (χ1v) is 12.6. The fourth-order valence-corrected chi connectivity index (χ4v) is 4.60. The number of allylic oxidation sites excluding steroid dienone is 1. The minimum atomic E-state index is -0.180. The zero-order chi connectivity index (χ0) is 24.8. The van der Waals surface area contributed by atoms with Crippen LogP contribution >= 0.6 is 27.7 Å². The first-order valence-electron chi connectivity index (χ1n) is 11.0. The fourth-order valence-electron chi connectivity index (χ4n) is 3.49. The Bertz CT molecular complexity index is 1300. The number of methoxy groups -OCH3 is 1. The highest BCUT2D eigenvalue weighted by atomic mass is 79.9. The number of benzene rings is 3. The molecular formula is C28H25BrN2O3S. The third kappa shape index (κ3) is 6.44. The molecule has 0 aromatic heterocycles. The number of amidine groups is 1. The van der Waals surface area contributed by atoms with Crippen molar-refractivity contribution in [3.8, 4) is 11.5 Å². The molecule has 1 aliphatic heterocycles. The number of rotatable bonds is 8. The molecule has 1 fully saturated rings. The molecule has 4 rings (SSSR count). The molecule has 0 radical (unpaired) electrons. The van der Waals surface area contributed by atoms with Gasteiger partial charge in [0.2, 0.25) is 0 Å². The molecule has 7 heteroatoms. The summed E-state index contributed by atoms with van der Waals surface area (Å²) in [4.78, 5) is 17.7. The Morgan fingerprint density at radius 1 is 1.11 bits per heavy atom. The van der Waals surface area contributed by atoms with Gasteiger partial charge in [0.1, 0.15) is 6.61 Å². The second kappa shape index (κ2) is 11.4. The second-order valence-electron chi connectivity index (χ2n) is 7.94. The minimum absolute atomic E-state index is 0.180. The molecule has 0 bridgehead atoms. The van der Waals surface area contributed by atoms with Crippen LogP contribution in [0, 0.1) is 6.92 Å². The lowest BCUT2D eigenvalue weighted by Crippen LogP contribution is -2.19. The van der Waals surface area contributed by atoms with Crippen LogP contribution in [-0.2, 0) is 17.8 Å². The molecule has 1 heterocycles. The van der Waals surface area contributed by atoms with E-state index in [1.54, 1.807) is 7.11 Å². The number of thioether (sulfide) groups is 1. The Labute approximate surface area is 218 Å². The van der Waals surface area contributed by atoms with Gasteiger partial charge in [0.05, 0.1) is 17.7 Å². The molecule has 178 valence electrons. The largest absolute Gasteiger partial charge is 0.493 e. The van der Waals surface area contributed by atoms with Gasteiger partial charge in [-0.2, -0.15) is 0 Å². The first kappa shape index (κ1) is 24.8. The van der Waals surface area contributed by atoms with E-state index in [0.29, 0.717) is 34.6 Å². The van der Waals surface area contributed by atoms with Gasteiger partial charge in [0.15, 0.2) is 16.7 Å². The van der Waals surface area contributed by atoms with E-state index in [1.165, 1.54) is 11.8 Å². The Morgan fingerprint density at radius 2 is 1.86 bits per heavy atom. The maximum Gasteiger partial charge on any atom is 0.264 e. The van der Waals surface area contributed by atoms with Gasteiger partial charge < -0.3 is 14.8 Å². The van der Waals surface area contributed by atoms with Gasteiger partial charge in [-0.3, -0.25) is 4.79 Å². The van der Waals surface area contributed by atoms with Crippen molar-refractivity contribution in [1.29, 1.82) is 0 Å². The molecule has 5 nitrogen and oxygen atoms in total. The molecule has 0 saturated carbocycles. The van der Waals surface area contributed by atoms with E-state index in [1.807, 2.05) is 79.7 Å². The summed E-state index contributed by atoms with van der Waals surface area (Å²) in [6.07, 6.45) is 4.26. The molecule has 35 heavy (non-hydrogen) atoms. The lowest BCUT2D eigenvalue weighted by molar-refractivity contribution is -0.115. The Balaban J connectivity index is 1.58.